The molecule has 1 heterocycles. The maximum atomic E-state index is 13.7. The molecule has 0 bridgehead atoms. The standard InChI is InChI=1S/C13H19FN4Si/c1-19(2,3)9-18-8-12(16-17-18)13(15)10-6-4-5-7-11(10)14/h4-8,13H,9,15H2,1-3H3/t13-/m0/s1. The molecule has 0 unspecified atom stereocenters. The monoisotopic (exact) mass is 278 g/mol. The second-order valence-corrected chi connectivity index (χ2v) is 11.3. The van der Waals surface area contributed by atoms with Gasteiger partial charge >= 0.3 is 0 Å². The Labute approximate surface area is 113 Å². The molecule has 1 aromatic heterocycles. The van der Waals surface area contributed by atoms with E-state index < -0.39 is 14.1 Å². The summed E-state index contributed by atoms with van der Waals surface area (Å²) >= 11 is 0. The summed E-state index contributed by atoms with van der Waals surface area (Å²) in [4.78, 5) is 0. The van der Waals surface area contributed by atoms with E-state index in [4.69, 9.17) is 5.73 Å². The SMILES string of the molecule is C[Si](C)(C)Cn1cc([C@@H](N)c2ccccc2F)nn1. The summed E-state index contributed by atoms with van der Waals surface area (Å²) in [7, 11) is -1.26. The third-order valence-corrected chi connectivity index (χ3v) is 4.02. The Morgan fingerprint density at radius 1 is 1.32 bits per heavy atom. The van der Waals surface area contributed by atoms with Crippen molar-refractivity contribution in [2.24, 2.45) is 5.73 Å². The van der Waals surface area contributed by atoms with E-state index in [9.17, 15) is 4.39 Å². The molecule has 0 saturated carbocycles. The first kappa shape index (κ1) is 13.9. The molecule has 0 amide bonds. The van der Waals surface area contributed by atoms with Gasteiger partial charge in [-0.25, -0.2) is 4.39 Å². The highest BCUT2D eigenvalue weighted by Crippen LogP contribution is 2.20. The van der Waals surface area contributed by atoms with Gasteiger partial charge in [-0.15, -0.1) is 5.10 Å². The lowest BCUT2D eigenvalue weighted by Crippen LogP contribution is -2.28. The van der Waals surface area contributed by atoms with Crippen LogP contribution in [0.15, 0.2) is 30.5 Å². The van der Waals surface area contributed by atoms with Crippen molar-refractivity contribution in [1.82, 2.24) is 15.0 Å². The summed E-state index contributed by atoms with van der Waals surface area (Å²) in [5.41, 5.74) is 7.10. The summed E-state index contributed by atoms with van der Waals surface area (Å²) in [5.74, 6) is -0.310. The topological polar surface area (TPSA) is 56.7 Å². The van der Waals surface area contributed by atoms with Gasteiger partial charge in [0.2, 0.25) is 0 Å². The molecule has 0 spiro atoms. The zero-order valence-corrected chi connectivity index (χ0v) is 12.5. The summed E-state index contributed by atoms with van der Waals surface area (Å²) < 4.78 is 15.5. The molecule has 0 saturated heterocycles. The molecule has 0 aliphatic heterocycles. The van der Waals surface area contributed by atoms with Crippen LogP contribution in [0, 0.1) is 5.82 Å². The molecule has 0 fully saturated rings. The molecule has 0 aliphatic rings. The number of nitrogens with zero attached hydrogens (tertiary/aromatic N) is 3. The zero-order chi connectivity index (χ0) is 14.0. The Morgan fingerprint density at radius 2 is 2.00 bits per heavy atom. The van der Waals surface area contributed by atoms with Gasteiger partial charge in [-0.1, -0.05) is 43.1 Å². The second-order valence-electron chi connectivity index (χ2n) is 5.90. The molecular formula is C13H19FN4Si. The summed E-state index contributed by atoms with van der Waals surface area (Å²) in [5, 5.41) is 8.14. The predicted octanol–water partition coefficient (Wildman–Crippen LogP) is 2.34. The van der Waals surface area contributed by atoms with Crippen molar-refractivity contribution < 1.29 is 4.39 Å². The summed E-state index contributed by atoms with van der Waals surface area (Å²) in [6.07, 6.45) is 2.69. The van der Waals surface area contributed by atoms with Gasteiger partial charge in [0.1, 0.15) is 11.5 Å². The van der Waals surface area contributed by atoms with Crippen molar-refractivity contribution in [2.75, 3.05) is 0 Å². The molecule has 1 aromatic carbocycles. The molecule has 6 heteroatoms. The molecule has 2 aromatic rings. The van der Waals surface area contributed by atoms with Crippen LogP contribution in [0.4, 0.5) is 4.39 Å². The maximum absolute atomic E-state index is 13.7. The van der Waals surface area contributed by atoms with Crippen molar-refractivity contribution in [1.29, 1.82) is 0 Å². The Balaban J connectivity index is 2.21. The summed E-state index contributed by atoms with van der Waals surface area (Å²) in [6.45, 7) is 6.77. The van der Waals surface area contributed by atoms with Gasteiger partial charge in [0.15, 0.2) is 0 Å². The smallest absolute Gasteiger partial charge is 0.128 e. The lowest BCUT2D eigenvalue weighted by molar-refractivity contribution is 0.597. The van der Waals surface area contributed by atoms with Crippen molar-refractivity contribution in [3.8, 4) is 0 Å². The van der Waals surface area contributed by atoms with Crippen molar-refractivity contribution in [3.05, 3.63) is 47.5 Å². The average Bonchev–Trinajstić information content (AvgIpc) is 2.75. The van der Waals surface area contributed by atoms with E-state index in [1.807, 2.05) is 10.9 Å². The Bertz CT molecular complexity index is 562. The largest absolute Gasteiger partial charge is 0.319 e. The van der Waals surface area contributed by atoms with Crippen LogP contribution in [0.25, 0.3) is 0 Å². The van der Waals surface area contributed by atoms with Gasteiger partial charge in [0.25, 0.3) is 0 Å². The molecule has 2 N–H and O–H groups in total. The summed E-state index contributed by atoms with van der Waals surface area (Å²) in [6, 6.07) is 5.92. The minimum absolute atomic E-state index is 0.310. The minimum atomic E-state index is -1.26. The minimum Gasteiger partial charge on any atom is -0.319 e. The van der Waals surface area contributed by atoms with Crippen molar-refractivity contribution in [3.63, 3.8) is 0 Å². The predicted molar refractivity (Wildman–Crippen MR) is 75.8 cm³/mol. The number of hydrogen-bond donors (Lipinski definition) is 1. The van der Waals surface area contributed by atoms with Crippen LogP contribution in [0.3, 0.4) is 0 Å². The van der Waals surface area contributed by atoms with E-state index >= 15 is 0 Å². The van der Waals surface area contributed by atoms with Crippen LogP contribution >= 0.6 is 0 Å². The van der Waals surface area contributed by atoms with Gasteiger partial charge in [-0.3, -0.25) is 4.68 Å². The van der Waals surface area contributed by atoms with Crippen LogP contribution in [-0.4, -0.2) is 23.1 Å². The van der Waals surface area contributed by atoms with E-state index in [1.54, 1.807) is 18.2 Å². The average molecular weight is 278 g/mol. The Hall–Kier alpha value is -1.53. The lowest BCUT2D eigenvalue weighted by atomic mass is 10.1. The first-order chi connectivity index (χ1) is 8.87. The molecule has 102 valence electrons. The number of benzene rings is 1. The molecule has 2 rings (SSSR count). The van der Waals surface area contributed by atoms with Gasteiger partial charge < -0.3 is 5.73 Å². The zero-order valence-electron chi connectivity index (χ0n) is 11.5. The number of nitrogens with two attached hydrogens (primary N) is 1. The first-order valence-electron chi connectivity index (χ1n) is 6.27. The highest BCUT2D eigenvalue weighted by Gasteiger charge is 2.19. The van der Waals surface area contributed by atoms with Gasteiger partial charge in [-0.05, 0) is 6.07 Å². The normalized spacial score (nSPS) is 13.5. The quantitative estimate of drug-likeness (QED) is 0.873. The Morgan fingerprint density at radius 3 is 2.63 bits per heavy atom. The van der Waals surface area contributed by atoms with Crippen LogP contribution in [0.2, 0.25) is 19.6 Å². The molecule has 19 heavy (non-hydrogen) atoms. The van der Waals surface area contributed by atoms with Crippen LogP contribution in [-0.2, 0) is 6.17 Å². The molecule has 1 atom stereocenters. The lowest BCUT2D eigenvalue weighted by Gasteiger charge is -2.14. The highest BCUT2D eigenvalue weighted by molar-refractivity contribution is 6.74. The van der Waals surface area contributed by atoms with Crippen molar-refractivity contribution >= 4 is 8.07 Å². The third-order valence-electron chi connectivity index (χ3n) is 2.75. The number of halogens is 1. The van der Waals surface area contributed by atoms with Gasteiger partial charge in [-0.2, -0.15) is 0 Å². The Kier molecular flexibility index (Phi) is 3.82. The molecule has 4 nitrogen and oxygen atoms in total. The van der Waals surface area contributed by atoms with Crippen LogP contribution < -0.4 is 5.73 Å². The first-order valence-corrected chi connectivity index (χ1v) is 9.97. The van der Waals surface area contributed by atoms with E-state index in [-0.39, 0.29) is 5.82 Å². The molecular weight excluding hydrogens is 259 g/mol. The fourth-order valence-electron chi connectivity index (χ4n) is 1.91. The van der Waals surface area contributed by atoms with E-state index in [1.165, 1.54) is 6.07 Å². The van der Waals surface area contributed by atoms with E-state index in [0.29, 0.717) is 11.3 Å². The van der Waals surface area contributed by atoms with E-state index in [0.717, 1.165) is 6.17 Å². The van der Waals surface area contributed by atoms with Gasteiger partial charge in [0.05, 0.1) is 20.3 Å². The third kappa shape index (κ3) is 3.48. The second kappa shape index (κ2) is 5.22. The number of hydrogen-bond acceptors (Lipinski definition) is 3. The fourth-order valence-corrected chi connectivity index (χ4v) is 3.03. The van der Waals surface area contributed by atoms with Crippen LogP contribution in [0.1, 0.15) is 17.3 Å². The fraction of sp³-hybridized carbons (Fsp3) is 0.385. The van der Waals surface area contributed by atoms with Gasteiger partial charge in [0, 0.05) is 11.7 Å². The van der Waals surface area contributed by atoms with Crippen LogP contribution in [0.5, 0.6) is 0 Å². The van der Waals surface area contributed by atoms with Crippen molar-refractivity contribution in [2.45, 2.75) is 31.9 Å². The number of aromatic nitrogens is 3. The maximum Gasteiger partial charge on any atom is 0.128 e. The molecule has 0 aliphatic carbocycles. The number of rotatable bonds is 4. The van der Waals surface area contributed by atoms with E-state index in [2.05, 4.69) is 30.0 Å². The molecule has 0 radical (unpaired) electrons. The highest BCUT2D eigenvalue weighted by atomic mass is 28.3.